The predicted octanol–water partition coefficient (Wildman–Crippen LogP) is 3.11. The van der Waals surface area contributed by atoms with Crippen LogP contribution in [0.15, 0.2) is 30.3 Å². The summed E-state index contributed by atoms with van der Waals surface area (Å²) in [7, 11) is 0. The van der Waals surface area contributed by atoms with Gasteiger partial charge in [0.2, 0.25) is 0 Å². The molecule has 0 saturated carbocycles. The molecule has 0 saturated heterocycles. The van der Waals surface area contributed by atoms with Gasteiger partial charge in [-0.3, -0.25) is 0 Å². The van der Waals surface area contributed by atoms with Crippen LogP contribution in [0.4, 0.5) is 0 Å². The van der Waals surface area contributed by atoms with Crippen LogP contribution in [0.2, 0.25) is 0 Å². The molecule has 2 nitrogen and oxygen atoms in total. The molecule has 0 aliphatic carbocycles. The lowest BCUT2D eigenvalue weighted by atomic mass is 9.75. The normalized spacial score (nSPS) is 14.9. The van der Waals surface area contributed by atoms with E-state index in [-0.39, 0.29) is 11.5 Å². The van der Waals surface area contributed by atoms with E-state index in [4.69, 9.17) is 10.5 Å². The Morgan fingerprint density at radius 2 is 1.88 bits per heavy atom. The topological polar surface area (TPSA) is 35.2 Å². The van der Waals surface area contributed by atoms with E-state index in [0.29, 0.717) is 6.54 Å². The van der Waals surface area contributed by atoms with Crippen molar-refractivity contribution in [3.8, 4) is 0 Å². The minimum atomic E-state index is 0.0656. The molecule has 2 heteroatoms. The van der Waals surface area contributed by atoms with E-state index in [0.717, 1.165) is 19.4 Å². The van der Waals surface area contributed by atoms with Gasteiger partial charge in [0.15, 0.2) is 0 Å². The molecular weight excluding hydrogens is 210 g/mol. The summed E-state index contributed by atoms with van der Waals surface area (Å²) < 4.78 is 5.67. The molecule has 0 aliphatic rings. The van der Waals surface area contributed by atoms with Gasteiger partial charge in [-0.2, -0.15) is 0 Å². The number of benzene rings is 1. The van der Waals surface area contributed by atoms with Crippen LogP contribution in [0.1, 0.15) is 39.2 Å². The molecule has 0 aliphatic heterocycles. The minimum Gasteiger partial charge on any atom is -0.379 e. The van der Waals surface area contributed by atoms with E-state index in [2.05, 4.69) is 45.0 Å². The molecule has 0 aromatic heterocycles. The van der Waals surface area contributed by atoms with Crippen LogP contribution >= 0.6 is 0 Å². The van der Waals surface area contributed by atoms with Crippen LogP contribution < -0.4 is 5.73 Å². The molecule has 17 heavy (non-hydrogen) atoms. The molecular formula is C15H25NO. The largest absolute Gasteiger partial charge is 0.379 e. The fourth-order valence-corrected chi connectivity index (χ4v) is 2.17. The summed E-state index contributed by atoms with van der Waals surface area (Å²) >= 11 is 0. The first kappa shape index (κ1) is 14.2. The quantitative estimate of drug-likeness (QED) is 0.788. The van der Waals surface area contributed by atoms with Crippen molar-refractivity contribution in [1.82, 2.24) is 0 Å². The Bertz CT molecular complexity index is 304. The van der Waals surface area contributed by atoms with Crippen LogP contribution in [0, 0.1) is 0 Å². The third-order valence-electron chi connectivity index (χ3n) is 3.49. The van der Waals surface area contributed by atoms with Crippen molar-refractivity contribution in [2.24, 2.45) is 5.73 Å². The van der Waals surface area contributed by atoms with Crippen LogP contribution in [0.3, 0.4) is 0 Å². The number of hydrogen-bond acceptors (Lipinski definition) is 2. The van der Waals surface area contributed by atoms with Gasteiger partial charge in [0.25, 0.3) is 0 Å². The molecule has 0 amide bonds. The Balaban J connectivity index is 2.75. The van der Waals surface area contributed by atoms with E-state index in [9.17, 15) is 0 Å². The second kappa shape index (κ2) is 6.77. The van der Waals surface area contributed by atoms with E-state index < -0.39 is 0 Å². The van der Waals surface area contributed by atoms with Crippen molar-refractivity contribution in [1.29, 1.82) is 0 Å². The Morgan fingerprint density at radius 1 is 1.24 bits per heavy atom. The van der Waals surface area contributed by atoms with Gasteiger partial charge in [-0.15, -0.1) is 0 Å². The van der Waals surface area contributed by atoms with Gasteiger partial charge in [0, 0.05) is 18.6 Å². The second-order valence-electron chi connectivity index (χ2n) is 4.87. The molecule has 2 N–H and O–H groups in total. The lowest BCUT2D eigenvalue weighted by molar-refractivity contribution is 0.0638. The highest BCUT2D eigenvalue weighted by molar-refractivity contribution is 5.25. The van der Waals surface area contributed by atoms with Crippen molar-refractivity contribution in [2.45, 2.75) is 45.1 Å². The Kier molecular flexibility index (Phi) is 5.66. The summed E-state index contributed by atoms with van der Waals surface area (Å²) in [5.74, 6) is 0. The van der Waals surface area contributed by atoms with Crippen molar-refractivity contribution in [2.75, 3.05) is 13.2 Å². The van der Waals surface area contributed by atoms with Gasteiger partial charge in [-0.25, -0.2) is 0 Å². The molecule has 1 atom stereocenters. The summed E-state index contributed by atoms with van der Waals surface area (Å²) in [5.41, 5.74) is 7.41. The Hall–Kier alpha value is -0.860. The number of nitrogens with two attached hydrogens (primary N) is 1. The van der Waals surface area contributed by atoms with E-state index in [1.807, 2.05) is 6.07 Å². The molecule has 1 aromatic carbocycles. The van der Waals surface area contributed by atoms with Gasteiger partial charge < -0.3 is 10.5 Å². The number of hydrogen-bond donors (Lipinski definition) is 1. The molecule has 0 bridgehead atoms. The average Bonchev–Trinajstić information content (AvgIpc) is 2.36. The van der Waals surface area contributed by atoms with Crippen molar-refractivity contribution in [3.05, 3.63) is 35.9 Å². The van der Waals surface area contributed by atoms with E-state index >= 15 is 0 Å². The molecule has 0 spiro atoms. The zero-order chi connectivity index (χ0) is 12.7. The number of rotatable bonds is 7. The zero-order valence-electron chi connectivity index (χ0n) is 11.3. The second-order valence-corrected chi connectivity index (χ2v) is 4.87. The van der Waals surface area contributed by atoms with Crippen LogP contribution in [-0.4, -0.2) is 19.3 Å². The minimum absolute atomic E-state index is 0.0656. The van der Waals surface area contributed by atoms with E-state index in [1.54, 1.807) is 0 Å². The Morgan fingerprint density at radius 3 is 2.35 bits per heavy atom. The highest BCUT2D eigenvalue weighted by atomic mass is 16.5. The third-order valence-corrected chi connectivity index (χ3v) is 3.49. The highest BCUT2D eigenvalue weighted by Crippen LogP contribution is 2.30. The zero-order valence-corrected chi connectivity index (χ0v) is 11.3. The molecule has 0 radical (unpaired) electrons. The molecule has 0 heterocycles. The highest BCUT2D eigenvalue weighted by Gasteiger charge is 2.28. The lowest BCUT2D eigenvalue weighted by Gasteiger charge is -2.32. The maximum atomic E-state index is 6.01. The monoisotopic (exact) mass is 235 g/mol. The maximum absolute atomic E-state index is 6.01. The fourth-order valence-electron chi connectivity index (χ4n) is 2.17. The summed E-state index contributed by atoms with van der Waals surface area (Å²) in [6.45, 7) is 7.79. The summed E-state index contributed by atoms with van der Waals surface area (Å²) in [5, 5.41) is 0. The van der Waals surface area contributed by atoms with Crippen LogP contribution in [0.25, 0.3) is 0 Å². The number of ether oxygens (including phenoxy) is 1. The first-order chi connectivity index (χ1) is 8.14. The lowest BCUT2D eigenvalue weighted by Crippen LogP contribution is -2.36. The molecule has 1 unspecified atom stereocenters. The summed E-state index contributed by atoms with van der Waals surface area (Å²) in [6.07, 6.45) is 2.33. The fraction of sp³-hybridized carbons (Fsp3) is 0.600. The summed E-state index contributed by atoms with van der Waals surface area (Å²) in [6, 6.07) is 10.6. The smallest absolute Gasteiger partial charge is 0.0518 e. The van der Waals surface area contributed by atoms with Gasteiger partial charge in [0.05, 0.1) is 6.10 Å². The van der Waals surface area contributed by atoms with Gasteiger partial charge >= 0.3 is 0 Å². The Labute approximate surface area is 105 Å². The van der Waals surface area contributed by atoms with Gasteiger partial charge in [0.1, 0.15) is 0 Å². The summed E-state index contributed by atoms with van der Waals surface area (Å²) in [4.78, 5) is 0. The van der Waals surface area contributed by atoms with Crippen molar-refractivity contribution < 1.29 is 4.74 Å². The first-order valence-electron chi connectivity index (χ1n) is 6.52. The van der Waals surface area contributed by atoms with Crippen molar-refractivity contribution in [3.63, 3.8) is 0 Å². The van der Waals surface area contributed by atoms with Gasteiger partial charge in [-0.05, 0) is 32.3 Å². The van der Waals surface area contributed by atoms with Gasteiger partial charge in [-0.1, -0.05) is 37.3 Å². The van der Waals surface area contributed by atoms with E-state index in [1.165, 1.54) is 5.56 Å². The maximum Gasteiger partial charge on any atom is 0.0518 e. The van der Waals surface area contributed by atoms with Crippen LogP contribution in [0.5, 0.6) is 0 Å². The average molecular weight is 235 g/mol. The molecule has 1 rings (SSSR count). The SMILES string of the molecule is CCC(CN)(CCOC(C)C)c1ccccc1. The molecule has 0 fully saturated rings. The predicted molar refractivity (Wildman–Crippen MR) is 73.2 cm³/mol. The molecule has 96 valence electrons. The molecule has 1 aromatic rings. The van der Waals surface area contributed by atoms with Crippen molar-refractivity contribution >= 4 is 0 Å². The van der Waals surface area contributed by atoms with Crippen LogP contribution in [-0.2, 0) is 10.2 Å². The first-order valence-corrected chi connectivity index (χ1v) is 6.52. The standard InChI is InChI=1S/C15H25NO/c1-4-15(12-16,10-11-17-13(2)3)14-8-6-5-7-9-14/h5-9,13H,4,10-12,16H2,1-3H3. The third kappa shape index (κ3) is 3.83.